The molecule has 0 atom stereocenters. The molecule has 0 fully saturated rings. The molecule has 1 aromatic heterocycles. The summed E-state index contributed by atoms with van der Waals surface area (Å²) >= 11 is 7.64. The molecule has 0 aliphatic rings. The van der Waals surface area contributed by atoms with Crippen LogP contribution in [0, 0.1) is 3.57 Å². The molecule has 0 aliphatic carbocycles. The SMILES string of the molecule is CS(=O)(=O)n1c(C(=O)O)c(I)c2cc(Cl)ccc21. The largest absolute Gasteiger partial charge is 0.477 e. The molecule has 2 rings (SSSR count). The fourth-order valence-corrected chi connectivity index (χ4v) is 3.98. The minimum absolute atomic E-state index is 0.268. The van der Waals surface area contributed by atoms with Gasteiger partial charge in [-0.2, -0.15) is 0 Å². The van der Waals surface area contributed by atoms with Gasteiger partial charge in [-0.05, 0) is 40.8 Å². The van der Waals surface area contributed by atoms with Crippen LogP contribution in [0.2, 0.25) is 5.02 Å². The number of aromatic nitrogens is 1. The summed E-state index contributed by atoms with van der Waals surface area (Å²) in [6, 6.07) is 4.56. The molecule has 2 aromatic rings. The highest BCUT2D eigenvalue weighted by molar-refractivity contribution is 14.1. The minimum Gasteiger partial charge on any atom is -0.477 e. The maximum Gasteiger partial charge on any atom is 0.354 e. The lowest BCUT2D eigenvalue weighted by Gasteiger charge is -2.04. The van der Waals surface area contributed by atoms with Gasteiger partial charge >= 0.3 is 5.97 Å². The van der Waals surface area contributed by atoms with Crippen molar-refractivity contribution in [2.75, 3.05) is 6.26 Å². The normalized spacial score (nSPS) is 11.9. The van der Waals surface area contributed by atoms with E-state index in [-0.39, 0.29) is 5.69 Å². The highest BCUT2D eigenvalue weighted by atomic mass is 127. The van der Waals surface area contributed by atoms with Crippen molar-refractivity contribution < 1.29 is 18.3 Å². The first-order chi connectivity index (χ1) is 8.23. The van der Waals surface area contributed by atoms with Gasteiger partial charge in [0.05, 0.1) is 15.3 Å². The van der Waals surface area contributed by atoms with E-state index in [9.17, 15) is 13.2 Å². The number of carboxylic acid groups (broad SMARTS) is 1. The van der Waals surface area contributed by atoms with E-state index in [1.165, 1.54) is 12.1 Å². The Balaban J connectivity index is 3.07. The number of aromatic carboxylic acids is 1. The number of hydrogen-bond acceptors (Lipinski definition) is 3. The Morgan fingerprint density at radius 3 is 2.56 bits per heavy atom. The summed E-state index contributed by atoms with van der Waals surface area (Å²) < 4.78 is 24.6. The Bertz CT molecular complexity index is 766. The van der Waals surface area contributed by atoms with Gasteiger partial charge < -0.3 is 5.11 Å². The van der Waals surface area contributed by atoms with Crippen molar-refractivity contribution >= 4 is 61.1 Å². The number of carboxylic acids is 1. The van der Waals surface area contributed by atoms with E-state index in [4.69, 9.17) is 16.7 Å². The molecule has 0 spiro atoms. The number of rotatable bonds is 2. The lowest BCUT2D eigenvalue weighted by atomic mass is 10.2. The lowest BCUT2D eigenvalue weighted by Crippen LogP contribution is -2.17. The van der Waals surface area contributed by atoms with Gasteiger partial charge in [0, 0.05) is 10.4 Å². The van der Waals surface area contributed by atoms with E-state index < -0.39 is 16.0 Å². The van der Waals surface area contributed by atoms with E-state index in [0.717, 1.165) is 10.2 Å². The summed E-state index contributed by atoms with van der Waals surface area (Å²) in [5, 5.41) is 10.1. The molecular formula is C10H7ClINO4S. The van der Waals surface area contributed by atoms with Gasteiger partial charge in [-0.15, -0.1) is 0 Å². The van der Waals surface area contributed by atoms with E-state index >= 15 is 0 Å². The van der Waals surface area contributed by atoms with Crippen molar-refractivity contribution in [2.45, 2.75) is 0 Å². The van der Waals surface area contributed by atoms with Crippen molar-refractivity contribution in [3.05, 3.63) is 32.5 Å². The van der Waals surface area contributed by atoms with Crippen LogP contribution in [-0.4, -0.2) is 29.7 Å². The number of nitrogens with zero attached hydrogens (tertiary/aromatic N) is 1. The van der Waals surface area contributed by atoms with Crippen LogP contribution in [-0.2, 0) is 10.0 Å². The van der Waals surface area contributed by atoms with Crippen LogP contribution in [0.3, 0.4) is 0 Å². The summed E-state index contributed by atoms with van der Waals surface area (Å²) in [5.74, 6) is -1.29. The molecule has 0 bridgehead atoms. The molecule has 0 aliphatic heterocycles. The molecule has 5 nitrogen and oxygen atoms in total. The average molecular weight is 400 g/mol. The molecule has 96 valence electrons. The Morgan fingerprint density at radius 2 is 2.06 bits per heavy atom. The molecule has 1 N–H and O–H groups in total. The fraction of sp³-hybridized carbons (Fsp3) is 0.100. The second-order valence-electron chi connectivity index (χ2n) is 3.66. The van der Waals surface area contributed by atoms with Crippen molar-refractivity contribution in [1.82, 2.24) is 3.97 Å². The zero-order valence-electron chi connectivity index (χ0n) is 9.02. The second kappa shape index (κ2) is 4.39. The zero-order chi connectivity index (χ0) is 13.7. The van der Waals surface area contributed by atoms with E-state index in [2.05, 4.69) is 0 Å². The molecular weight excluding hydrogens is 393 g/mol. The van der Waals surface area contributed by atoms with Crippen LogP contribution in [0.4, 0.5) is 0 Å². The number of benzene rings is 1. The Morgan fingerprint density at radius 1 is 1.44 bits per heavy atom. The topological polar surface area (TPSA) is 76.4 Å². The van der Waals surface area contributed by atoms with Crippen molar-refractivity contribution in [3.8, 4) is 0 Å². The molecule has 8 heteroatoms. The number of hydrogen-bond donors (Lipinski definition) is 1. The molecule has 0 unspecified atom stereocenters. The Hall–Kier alpha value is -0.800. The summed E-state index contributed by atoms with van der Waals surface area (Å²) in [4.78, 5) is 11.2. The minimum atomic E-state index is -3.71. The first-order valence-electron chi connectivity index (χ1n) is 4.67. The van der Waals surface area contributed by atoms with Gasteiger partial charge in [0.15, 0.2) is 5.69 Å². The number of carbonyl (C=O) groups is 1. The number of halogens is 2. The lowest BCUT2D eigenvalue weighted by molar-refractivity contribution is 0.0688. The van der Waals surface area contributed by atoms with Crippen LogP contribution in [0.1, 0.15) is 10.5 Å². The van der Waals surface area contributed by atoms with Gasteiger partial charge in [0.2, 0.25) is 10.0 Å². The van der Waals surface area contributed by atoms with Gasteiger partial charge in [0.25, 0.3) is 0 Å². The third kappa shape index (κ3) is 2.10. The third-order valence-electron chi connectivity index (χ3n) is 2.36. The molecule has 0 radical (unpaired) electrons. The van der Waals surface area contributed by atoms with Crippen LogP contribution < -0.4 is 0 Å². The second-order valence-corrected chi connectivity index (χ2v) is 7.00. The molecule has 0 amide bonds. The summed E-state index contributed by atoms with van der Waals surface area (Å²) in [6.45, 7) is 0. The van der Waals surface area contributed by atoms with Gasteiger partial charge in [-0.3, -0.25) is 0 Å². The summed E-state index contributed by atoms with van der Waals surface area (Å²) in [7, 11) is -3.71. The van der Waals surface area contributed by atoms with Gasteiger partial charge in [-0.1, -0.05) is 11.6 Å². The molecule has 18 heavy (non-hydrogen) atoms. The zero-order valence-corrected chi connectivity index (χ0v) is 12.7. The summed E-state index contributed by atoms with van der Waals surface area (Å²) in [6.07, 6.45) is 0.962. The predicted molar refractivity (Wildman–Crippen MR) is 76.9 cm³/mol. The van der Waals surface area contributed by atoms with Crippen molar-refractivity contribution in [3.63, 3.8) is 0 Å². The van der Waals surface area contributed by atoms with E-state index in [1.807, 2.05) is 0 Å². The number of fused-ring (bicyclic) bond motifs is 1. The van der Waals surface area contributed by atoms with Crippen LogP contribution >= 0.6 is 34.2 Å². The molecule has 1 aromatic carbocycles. The standard InChI is InChI=1S/C10H7ClINO4S/c1-18(16,17)13-7-3-2-5(11)4-6(7)8(12)9(13)10(14)15/h2-4H,1H3,(H,14,15). The van der Waals surface area contributed by atoms with Crippen LogP contribution in [0.5, 0.6) is 0 Å². The first kappa shape index (κ1) is 13.6. The van der Waals surface area contributed by atoms with Crippen molar-refractivity contribution in [2.24, 2.45) is 0 Å². The maximum atomic E-state index is 11.7. The molecule has 0 saturated heterocycles. The van der Waals surface area contributed by atoms with E-state index in [0.29, 0.717) is 19.5 Å². The molecule has 1 heterocycles. The third-order valence-corrected chi connectivity index (χ3v) is 4.73. The quantitative estimate of drug-likeness (QED) is 0.787. The van der Waals surface area contributed by atoms with E-state index in [1.54, 1.807) is 28.7 Å². The smallest absolute Gasteiger partial charge is 0.354 e. The fourth-order valence-electron chi connectivity index (χ4n) is 1.72. The highest BCUT2D eigenvalue weighted by Gasteiger charge is 2.25. The van der Waals surface area contributed by atoms with Crippen LogP contribution in [0.25, 0.3) is 10.9 Å². The predicted octanol–water partition coefficient (Wildman–Crippen LogP) is 2.41. The molecule has 0 saturated carbocycles. The monoisotopic (exact) mass is 399 g/mol. The average Bonchev–Trinajstić information content (AvgIpc) is 2.51. The Kier molecular flexibility index (Phi) is 3.32. The summed E-state index contributed by atoms with van der Waals surface area (Å²) in [5.41, 5.74) is 0.0408. The van der Waals surface area contributed by atoms with Crippen molar-refractivity contribution in [1.29, 1.82) is 0 Å². The highest BCUT2D eigenvalue weighted by Crippen LogP contribution is 2.31. The first-order valence-corrected chi connectivity index (χ1v) is 7.97. The van der Waals surface area contributed by atoms with Gasteiger partial charge in [-0.25, -0.2) is 17.2 Å². The van der Waals surface area contributed by atoms with Crippen LogP contribution in [0.15, 0.2) is 18.2 Å². The Labute approximate surface area is 122 Å². The van der Waals surface area contributed by atoms with Gasteiger partial charge in [0.1, 0.15) is 0 Å². The maximum absolute atomic E-state index is 11.7.